The van der Waals surface area contributed by atoms with Crippen LogP contribution in [0.2, 0.25) is 0 Å². The summed E-state index contributed by atoms with van der Waals surface area (Å²) in [6.45, 7) is 5.25. The molecule has 9 heteroatoms. The first-order valence-corrected chi connectivity index (χ1v) is 11.5. The number of nitrogens with one attached hydrogen (secondary N) is 1. The van der Waals surface area contributed by atoms with E-state index < -0.39 is 22.7 Å². The quantitative estimate of drug-likeness (QED) is 0.595. The molecule has 0 spiro atoms. The van der Waals surface area contributed by atoms with Gasteiger partial charge in [0.1, 0.15) is 17.2 Å². The summed E-state index contributed by atoms with van der Waals surface area (Å²) in [7, 11) is 0. The molecule has 2 fully saturated rings. The van der Waals surface area contributed by atoms with E-state index in [1.54, 1.807) is 12.3 Å². The molecule has 1 saturated heterocycles. The summed E-state index contributed by atoms with van der Waals surface area (Å²) in [5.41, 5.74) is 1.02. The van der Waals surface area contributed by atoms with E-state index in [1.807, 2.05) is 6.07 Å². The molecule has 0 radical (unpaired) electrons. The summed E-state index contributed by atoms with van der Waals surface area (Å²) in [6.07, 6.45) is 3.46. The van der Waals surface area contributed by atoms with Gasteiger partial charge in [-0.25, -0.2) is 18.7 Å². The summed E-state index contributed by atoms with van der Waals surface area (Å²) in [5, 5.41) is 22.3. The van der Waals surface area contributed by atoms with Crippen molar-refractivity contribution in [2.45, 2.75) is 43.6 Å². The Morgan fingerprint density at radius 1 is 1.15 bits per heavy atom. The Morgan fingerprint density at radius 3 is 2.62 bits per heavy atom. The van der Waals surface area contributed by atoms with Crippen molar-refractivity contribution in [3.63, 3.8) is 0 Å². The maximum atomic E-state index is 14.4. The van der Waals surface area contributed by atoms with E-state index in [1.165, 1.54) is 18.2 Å². The minimum absolute atomic E-state index is 0.154. The van der Waals surface area contributed by atoms with Gasteiger partial charge in [0.05, 0.1) is 47.8 Å². The zero-order chi connectivity index (χ0) is 23.7. The van der Waals surface area contributed by atoms with Gasteiger partial charge in [-0.1, -0.05) is 19.9 Å². The molecule has 2 aromatic heterocycles. The van der Waals surface area contributed by atoms with Gasteiger partial charge >= 0.3 is 0 Å². The number of benzene rings is 1. The van der Waals surface area contributed by atoms with Crippen LogP contribution in [0.1, 0.15) is 49.6 Å². The zero-order valence-electron chi connectivity index (χ0n) is 19.0. The maximum absolute atomic E-state index is 14.4. The first-order valence-electron chi connectivity index (χ1n) is 11.5. The lowest BCUT2D eigenvalue weighted by Gasteiger charge is -2.38. The molecular formula is C25H25F2N5O2. The number of halogens is 2. The number of nitrogens with zero attached hydrogens (tertiary/aromatic N) is 4. The molecule has 1 saturated carbocycles. The van der Waals surface area contributed by atoms with Gasteiger partial charge in [0.15, 0.2) is 0 Å². The predicted molar refractivity (Wildman–Crippen MR) is 120 cm³/mol. The van der Waals surface area contributed by atoms with Gasteiger partial charge in [-0.05, 0) is 54.0 Å². The largest absolute Gasteiger partial charge is 0.383 e. The Morgan fingerprint density at radius 2 is 1.91 bits per heavy atom. The molecule has 7 nitrogen and oxygen atoms in total. The van der Waals surface area contributed by atoms with Crippen LogP contribution in [0.4, 0.5) is 14.7 Å². The maximum Gasteiger partial charge on any atom is 0.222 e. The Hall–Kier alpha value is -3.04. The first kappa shape index (κ1) is 21.5. The minimum atomic E-state index is -0.904. The molecule has 0 unspecified atom stereocenters. The minimum Gasteiger partial charge on any atom is -0.383 e. The highest BCUT2D eigenvalue weighted by Gasteiger charge is 2.65. The molecule has 34 heavy (non-hydrogen) atoms. The molecule has 2 atom stereocenters. The van der Waals surface area contributed by atoms with Crippen LogP contribution in [0.15, 0.2) is 36.5 Å². The van der Waals surface area contributed by atoms with Crippen molar-refractivity contribution in [2.24, 2.45) is 5.41 Å². The molecule has 2 aliphatic carbocycles. The lowest BCUT2D eigenvalue weighted by molar-refractivity contribution is -0.168. The average Bonchev–Trinajstić information content (AvgIpc) is 3.18. The summed E-state index contributed by atoms with van der Waals surface area (Å²) >= 11 is 0. The van der Waals surface area contributed by atoms with Crippen molar-refractivity contribution >= 4 is 5.95 Å². The highest BCUT2D eigenvalue weighted by atomic mass is 19.1. The van der Waals surface area contributed by atoms with Gasteiger partial charge in [-0.2, -0.15) is 5.10 Å². The van der Waals surface area contributed by atoms with Crippen molar-refractivity contribution in [2.75, 3.05) is 25.1 Å². The second-order valence-corrected chi connectivity index (χ2v) is 10.2. The van der Waals surface area contributed by atoms with Crippen molar-refractivity contribution in [3.8, 4) is 11.3 Å². The van der Waals surface area contributed by atoms with Crippen molar-refractivity contribution in [3.05, 3.63) is 65.1 Å². The van der Waals surface area contributed by atoms with Gasteiger partial charge in [0.25, 0.3) is 0 Å². The van der Waals surface area contributed by atoms with E-state index >= 15 is 0 Å². The van der Waals surface area contributed by atoms with Crippen LogP contribution < -0.4 is 5.32 Å². The molecule has 3 heterocycles. The van der Waals surface area contributed by atoms with Gasteiger partial charge in [0.2, 0.25) is 5.95 Å². The predicted octanol–water partition coefficient (Wildman–Crippen LogP) is 3.59. The van der Waals surface area contributed by atoms with Gasteiger partial charge in [-0.15, -0.1) is 5.10 Å². The van der Waals surface area contributed by atoms with Crippen LogP contribution in [0.3, 0.4) is 0 Å². The third-order valence-corrected chi connectivity index (χ3v) is 8.01. The smallest absolute Gasteiger partial charge is 0.222 e. The molecule has 3 aliphatic rings. The lowest BCUT2D eigenvalue weighted by atomic mass is 9.66. The third-order valence-electron chi connectivity index (χ3n) is 8.01. The highest BCUT2D eigenvalue weighted by Crippen LogP contribution is 2.69. The second-order valence-electron chi connectivity index (χ2n) is 10.2. The number of hydrogen-bond acceptors (Lipinski definition) is 7. The number of ether oxygens (including phenoxy) is 1. The fourth-order valence-electron chi connectivity index (χ4n) is 6.12. The first-order chi connectivity index (χ1) is 16.3. The summed E-state index contributed by atoms with van der Waals surface area (Å²) < 4.78 is 34.0. The van der Waals surface area contributed by atoms with E-state index in [4.69, 9.17) is 9.72 Å². The fraction of sp³-hybridized carbons (Fsp3) is 0.440. The van der Waals surface area contributed by atoms with Crippen LogP contribution in [0.5, 0.6) is 0 Å². The van der Waals surface area contributed by atoms with Crippen molar-refractivity contribution in [1.29, 1.82) is 0 Å². The van der Waals surface area contributed by atoms with Gasteiger partial charge in [-0.3, -0.25) is 0 Å². The fourth-order valence-corrected chi connectivity index (χ4v) is 6.12. The topological polar surface area (TPSA) is 93.1 Å². The SMILES string of the molecule is CC1(C)[C@H]2CC[C@@]1(c1ccnc(NCC3(O)COC3)n1)c1nnc(-c3c(F)cccc3F)cc12. The van der Waals surface area contributed by atoms with E-state index in [0.717, 1.165) is 29.8 Å². The Bertz CT molecular complexity index is 1280. The summed E-state index contributed by atoms with van der Waals surface area (Å²) in [6, 6.07) is 7.49. The van der Waals surface area contributed by atoms with Crippen LogP contribution >= 0.6 is 0 Å². The molecule has 6 rings (SSSR count). The average molecular weight is 466 g/mol. The number of hydrogen-bond donors (Lipinski definition) is 2. The molecule has 2 bridgehead atoms. The van der Waals surface area contributed by atoms with Gasteiger partial charge in [0, 0.05) is 6.20 Å². The molecule has 176 valence electrons. The van der Waals surface area contributed by atoms with E-state index in [-0.39, 0.29) is 35.8 Å². The number of anilines is 1. The Kier molecular flexibility index (Phi) is 4.57. The van der Waals surface area contributed by atoms with E-state index in [2.05, 4.69) is 34.3 Å². The van der Waals surface area contributed by atoms with Crippen LogP contribution in [0, 0.1) is 17.0 Å². The molecule has 1 aliphatic heterocycles. The normalized spacial score (nSPS) is 25.6. The number of aromatic nitrogens is 4. The summed E-state index contributed by atoms with van der Waals surface area (Å²) in [5.74, 6) is -0.725. The molecule has 1 aromatic carbocycles. The van der Waals surface area contributed by atoms with E-state index in [9.17, 15) is 13.9 Å². The van der Waals surface area contributed by atoms with Crippen LogP contribution in [-0.4, -0.2) is 50.6 Å². The van der Waals surface area contributed by atoms with Gasteiger partial charge < -0.3 is 15.2 Å². The second kappa shape index (κ2) is 7.23. The Labute approximate surface area is 195 Å². The Balaban J connectivity index is 1.42. The molecule has 0 amide bonds. The molecule has 3 aromatic rings. The van der Waals surface area contributed by atoms with Crippen molar-refractivity contribution in [1.82, 2.24) is 20.2 Å². The monoisotopic (exact) mass is 465 g/mol. The number of aliphatic hydroxyl groups is 1. The molecular weight excluding hydrogens is 440 g/mol. The number of rotatable bonds is 5. The van der Waals surface area contributed by atoms with E-state index in [0.29, 0.717) is 12.5 Å². The van der Waals surface area contributed by atoms with Crippen LogP contribution in [0.25, 0.3) is 11.3 Å². The third kappa shape index (κ3) is 2.86. The van der Waals surface area contributed by atoms with Crippen LogP contribution in [-0.2, 0) is 10.2 Å². The molecule has 2 N–H and O–H groups in total. The number of fused-ring (bicyclic) bond motifs is 5. The lowest BCUT2D eigenvalue weighted by Crippen LogP contribution is -2.54. The highest BCUT2D eigenvalue weighted by molar-refractivity contribution is 5.64. The zero-order valence-corrected chi connectivity index (χ0v) is 19.0. The standard InChI is InChI=1S/C25H25F2N5O2/c1-23(2)15-6-8-25(23,19-7-9-28-22(30-19)29-11-24(33)12-34-13-24)21-14(15)10-18(31-32-21)20-16(26)4-3-5-17(20)27/h3-5,7,9-10,15,33H,6,8,11-13H2,1-2H3,(H,28,29,30)/t15-,25+/m0/s1. The summed E-state index contributed by atoms with van der Waals surface area (Å²) in [4.78, 5) is 9.16. The van der Waals surface area contributed by atoms with Crippen molar-refractivity contribution < 1.29 is 18.6 Å².